The number of carbonyl (C=O) groups is 1. The van der Waals surface area contributed by atoms with Crippen LogP contribution >= 0.6 is 0 Å². The summed E-state index contributed by atoms with van der Waals surface area (Å²) in [7, 11) is -3.61. The monoisotopic (exact) mass is 348 g/mol. The van der Waals surface area contributed by atoms with E-state index in [4.69, 9.17) is 4.74 Å². The zero-order valence-electron chi connectivity index (χ0n) is 13.6. The van der Waals surface area contributed by atoms with Crippen molar-refractivity contribution in [3.8, 4) is 5.75 Å². The summed E-state index contributed by atoms with van der Waals surface area (Å²) in [5, 5.41) is 2.59. The molecule has 0 bridgehead atoms. The van der Waals surface area contributed by atoms with E-state index in [9.17, 15) is 13.2 Å². The van der Waals surface area contributed by atoms with Crippen LogP contribution in [0.3, 0.4) is 0 Å². The number of rotatable bonds is 7. The third kappa shape index (κ3) is 5.07. The lowest BCUT2D eigenvalue weighted by molar-refractivity contribution is -0.114. The third-order valence-corrected chi connectivity index (χ3v) is 4.71. The quantitative estimate of drug-likeness (QED) is 0.752. The smallest absolute Gasteiger partial charge is 0.240 e. The van der Waals surface area contributed by atoms with Crippen LogP contribution in [-0.4, -0.2) is 27.5 Å². The number of anilines is 1. The number of aryl methyl sites for hydroxylation is 1. The van der Waals surface area contributed by atoms with Crippen LogP contribution in [0.15, 0.2) is 53.4 Å². The molecule has 0 radical (unpaired) electrons. The maximum atomic E-state index is 12.2. The van der Waals surface area contributed by atoms with Crippen molar-refractivity contribution in [2.75, 3.05) is 18.5 Å². The Morgan fingerprint density at radius 2 is 1.75 bits per heavy atom. The van der Waals surface area contributed by atoms with E-state index in [1.807, 2.05) is 31.2 Å². The molecule has 0 aliphatic carbocycles. The molecule has 0 saturated carbocycles. The Bertz CT molecular complexity index is 802. The van der Waals surface area contributed by atoms with Gasteiger partial charge in [-0.1, -0.05) is 18.2 Å². The largest absolute Gasteiger partial charge is 0.492 e. The number of benzene rings is 2. The molecule has 0 atom stereocenters. The van der Waals surface area contributed by atoms with Crippen LogP contribution in [0.5, 0.6) is 5.75 Å². The molecule has 128 valence electrons. The van der Waals surface area contributed by atoms with Crippen LogP contribution in [0.1, 0.15) is 12.5 Å². The van der Waals surface area contributed by atoms with Gasteiger partial charge in [-0.3, -0.25) is 4.79 Å². The van der Waals surface area contributed by atoms with Crippen molar-refractivity contribution in [2.24, 2.45) is 0 Å². The summed E-state index contributed by atoms with van der Waals surface area (Å²) in [4.78, 5) is 11.1. The number of hydrogen-bond acceptors (Lipinski definition) is 4. The molecule has 0 aliphatic heterocycles. The van der Waals surface area contributed by atoms with Gasteiger partial charge in [0.25, 0.3) is 0 Å². The number of sulfonamides is 1. The maximum Gasteiger partial charge on any atom is 0.240 e. The van der Waals surface area contributed by atoms with Crippen molar-refractivity contribution in [2.45, 2.75) is 18.7 Å². The number of hydrogen-bond donors (Lipinski definition) is 2. The average molecular weight is 348 g/mol. The first-order valence-corrected chi connectivity index (χ1v) is 8.92. The van der Waals surface area contributed by atoms with E-state index in [0.29, 0.717) is 5.69 Å². The highest BCUT2D eigenvalue weighted by atomic mass is 32.2. The molecule has 0 fully saturated rings. The predicted octanol–water partition coefficient (Wildman–Crippen LogP) is 2.31. The molecular weight excluding hydrogens is 328 g/mol. The zero-order valence-corrected chi connectivity index (χ0v) is 14.4. The minimum atomic E-state index is -3.61. The molecule has 6 nitrogen and oxygen atoms in total. The van der Waals surface area contributed by atoms with Crippen molar-refractivity contribution >= 4 is 21.6 Å². The molecular formula is C17H20N2O4S. The fourth-order valence-corrected chi connectivity index (χ4v) is 3.07. The van der Waals surface area contributed by atoms with Gasteiger partial charge in [-0.25, -0.2) is 13.1 Å². The van der Waals surface area contributed by atoms with Crippen molar-refractivity contribution in [3.05, 3.63) is 54.1 Å². The van der Waals surface area contributed by atoms with Gasteiger partial charge < -0.3 is 10.1 Å². The van der Waals surface area contributed by atoms with Gasteiger partial charge in [-0.05, 0) is 42.8 Å². The summed E-state index contributed by atoms with van der Waals surface area (Å²) in [6.07, 6.45) is 0. The first-order chi connectivity index (χ1) is 11.4. The Balaban J connectivity index is 1.89. The molecule has 2 rings (SSSR count). The molecule has 24 heavy (non-hydrogen) atoms. The summed E-state index contributed by atoms with van der Waals surface area (Å²) in [5.41, 5.74) is 1.54. The number of ether oxygens (including phenoxy) is 1. The van der Waals surface area contributed by atoms with Crippen molar-refractivity contribution < 1.29 is 17.9 Å². The van der Waals surface area contributed by atoms with E-state index in [1.165, 1.54) is 19.1 Å². The van der Waals surface area contributed by atoms with Crippen LogP contribution in [0.2, 0.25) is 0 Å². The second kappa shape index (κ2) is 7.94. The Hall–Kier alpha value is -2.38. The lowest BCUT2D eigenvalue weighted by Crippen LogP contribution is -2.28. The summed E-state index contributed by atoms with van der Waals surface area (Å²) in [5.74, 6) is 0.522. The van der Waals surface area contributed by atoms with Crippen LogP contribution in [0.4, 0.5) is 5.69 Å². The van der Waals surface area contributed by atoms with Gasteiger partial charge in [0.05, 0.1) is 4.90 Å². The van der Waals surface area contributed by atoms with Gasteiger partial charge in [0.2, 0.25) is 15.9 Å². The van der Waals surface area contributed by atoms with Gasteiger partial charge in [0.1, 0.15) is 12.4 Å². The van der Waals surface area contributed by atoms with Gasteiger partial charge in [0, 0.05) is 19.2 Å². The molecule has 0 aromatic heterocycles. The molecule has 1 amide bonds. The van der Waals surface area contributed by atoms with Gasteiger partial charge in [-0.2, -0.15) is 0 Å². The molecule has 0 unspecified atom stereocenters. The van der Waals surface area contributed by atoms with Gasteiger partial charge in [0.15, 0.2) is 0 Å². The summed E-state index contributed by atoms with van der Waals surface area (Å²) in [6, 6.07) is 13.5. The SMILES string of the molecule is CC(=O)Nc1ccc(S(=O)(=O)NCCOc2ccccc2C)cc1. The highest BCUT2D eigenvalue weighted by Gasteiger charge is 2.13. The van der Waals surface area contributed by atoms with Gasteiger partial charge in [-0.15, -0.1) is 0 Å². The van der Waals surface area contributed by atoms with Crippen molar-refractivity contribution in [3.63, 3.8) is 0 Å². The highest BCUT2D eigenvalue weighted by Crippen LogP contribution is 2.16. The maximum absolute atomic E-state index is 12.2. The standard InChI is InChI=1S/C17H20N2O4S/c1-13-5-3-4-6-17(13)23-12-11-18-24(21,22)16-9-7-15(8-10-16)19-14(2)20/h3-10,18H,11-12H2,1-2H3,(H,19,20). The Labute approximate surface area is 141 Å². The fourth-order valence-electron chi connectivity index (χ4n) is 2.06. The van der Waals surface area contributed by atoms with Crippen molar-refractivity contribution in [1.82, 2.24) is 4.72 Å². The second-order valence-corrected chi connectivity index (χ2v) is 6.98. The minimum Gasteiger partial charge on any atom is -0.492 e. The van der Waals surface area contributed by atoms with Gasteiger partial charge >= 0.3 is 0 Å². The summed E-state index contributed by atoms with van der Waals surface area (Å²) in [6.45, 7) is 3.70. The summed E-state index contributed by atoms with van der Waals surface area (Å²) < 4.78 is 32.4. The number of amides is 1. The normalized spacial score (nSPS) is 11.1. The van der Waals surface area contributed by atoms with E-state index >= 15 is 0 Å². The molecule has 0 heterocycles. The molecule has 2 aromatic rings. The number of para-hydroxylation sites is 1. The average Bonchev–Trinajstić information content (AvgIpc) is 2.53. The van der Waals surface area contributed by atoms with E-state index in [-0.39, 0.29) is 24.0 Å². The Kier molecular flexibility index (Phi) is 5.94. The first-order valence-electron chi connectivity index (χ1n) is 7.44. The Morgan fingerprint density at radius 3 is 2.38 bits per heavy atom. The highest BCUT2D eigenvalue weighted by molar-refractivity contribution is 7.89. The first kappa shape index (κ1) is 18.0. The number of carbonyl (C=O) groups excluding carboxylic acids is 1. The minimum absolute atomic E-state index is 0.132. The van der Waals surface area contributed by atoms with E-state index in [2.05, 4.69) is 10.0 Å². The molecule has 7 heteroatoms. The van der Waals surface area contributed by atoms with Crippen LogP contribution in [-0.2, 0) is 14.8 Å². The predicted molar refractivity (Wildman–Crippen MR) is 92.6 cm³/mol. The van der Waals surface area contributed by atoms with Crippen LogP contribution < -0.4 is 14.8 Å². The molecule has 0 saturated heterocycles. The topological polar surface area (TPSA) is 84.5 Å². The molecule has 2 N–H and O–H groups in total. The lowest BCUT2D eigenvalue weighted by Gasteiger charge is -2.10. The zero-order chi connectivity index (χ0) is 17.6. The van der Waals surface area contributed by atoms with Crippen LogP contribution in [0.25, 0.3) is 0 Å². The van der Waals surface area contributed by atoms with E-state index in [1.54, 1.807) is 12.1 Å². The molecule has 0 aliphatic rings. The summed E-state index contributed by atoms with van der Waals surface area (Å²) >= 11 is 0. The fraction of sp³-hybridized carbons (Fsp3) is 0.235. The van der Waals surface area contributed by atoms with E-state index in [0.717, 1.165) is 11.3 Å². The van der Waals surface area contributed by atoms with Crippen molar-refractivity contribution in [1.29, 1.82) is 0 Å². The number of nitrogens with one attached hydrogen (secondary N) is 2. The lowest BCUT2D eigenvalue weighted by atomic mass is 10.2. The van der Waals surface area contributed by atoms with Crippen LogP contribution in [0, 0.1) is 6.92 Å². The molecule has 2 aromatic carbocycles. The second-order valence-electron chi connectivity index (χ2n) is 5.22. The Morgan fingerprint density at radius 1 is 1.08 bits per heavy atom. The molecule has 0 spiro atoms. The van der Waals surface area contributed by atoms with E-state index < -0.39 is 10.0 Å². The third-order valence-electron chi connectivity index (χ3n) is 3.23.